The van der Waals surface area contributed by atoms with Gasteiger partial charge in [0.25, 0.3) is 0 Å². The lowest BCUT2D eigenvalue weighted by molar-refractivity contribution is -0.127. The van der Waals surface area contributed by atoms with Crippen molar-refractivity contribution in [1.82, 2.24) is 15.5 Å². The summed E-state index contributed by atoms with van der Waals surface area (Å²) < 4.78 is 5.69. The normalized spacial score (nSPS) is 14.5. The zero-order valence-corrected chi connectivity index (χ0v) is 16.8. The first kappa shape index (κ1) is 21.1. The summed E-state index contributed by atoms with van der Waals surface area (Å²) in [4.78, 5) is 18.2. The molecule has 0 spiro atoms. The van der Waals surface area contributed by atoms with Crippen molar-refractivity contribution in [1.29, 1.82) is 0 Å². The van der Waals surface area contributed by atoms with Gasteiger partial charge in [0.05, 0.1) is 6.61 Å². The first-order valence-electron chi connectivity index (χ1n) is 10.2. The number of hydrogen-bond acceptors (Lipinski definition) is 3. The van der Waals surface area contributed by atoms with E-state index in [-0.39, 0.29) is 5.91 Å². The molecule has 0 radical (unpaired) electrons. The van der Waals surface area contributed by atoms with Crippen molar-refractivity contribution in [3.8, 4) is 5.75 Å². The van der Waals surface area contributed by atoms with E-state index in [4.69, 9.17) is 4.74 Å². The van der Waals surface area contributed by atoms with Crippen LogP contribution in [0.3, 0.4) is 0 Å². The predicted octanol–water partition coefficient (Wildman–Crippen LogP) is 2.59. The molecule has 1 heterocycles. The van der Waals surface area contributed by atoms with Gasteiger partial charge in [-0.2, -0.15) is 0 Å². The standard InChI is InChI=1S/C21H34N4O2/c1-3-16-27-19-9-5-8-18(17-19)11-13-24-21(22-4-2)23-12-7-15-25-14-6-10-20(25)26/h5,8-9,17H,3-4,6-7,10-16H2,1-2H3,(H2,22,23,24). The largest absolute Gasteiger partial charge is 0.494 e. The quantitative estimate of drug-likeness (QED) is 0.355. The van der Waals surface area contributed by atoms with Gasteiger partial charge in [-0.3, -0.25) is 9.79 Å². The molecule has 1 aromatic carbocycles. The summed E-state index contributed by atoms with van der Waals surface area (Å²) in [6.45, 7) is 9.01. The summed E-state index contributed by atoms with van der Waals surface area (Å²) in [6, 6.07) is 8.27. The third kappa shape index (κ3) is 7.89. The van der Waals surface area contributed by atoms with Crippen LogP contribution in [0.4, 0.5) is 0 Å². The number of amides is 1. The fourth-order valence-corrected chi connectivity index (χ4v) is 3.07. The molecule has 0 bridgehead atoms. The van der Waals surface area contributed by atoms with Crippen molar-refractivity contribution >= 4 is 11.9 Å². The number of guanidine groups is 1. The van der Waals surface area contributed by atoms with E-state index >= 15 is 0 Å². The van der Waals surface area contributed by atoms with Gasteiger partial charge in [0.15, 0.2) is 5.96 Å². The number of hydrogen-bond donors (Lipinski definition) is 2. The summed E-state index contributed by atoms with van der Waals surface area (Å²) in [5.41, 5.74) is 1.25. The van der Waals surface area contributed by atoms with Gasteiger partial charge in [0, 0.05) is 39.1 Å². The number of nitrogens with one attached hydrogen (secondary N) is 2. The lowest BCUT2D eigenvalue weighted by Crippen LogP contribution is -2.38. The molecule has 0 unspecified atom stereocenters. The number of likely N-dealkylation sites (tertiary alicyclic amines) is 1. The number of rotatable bonds is 11. The summed E-state index contributed by atoms with van der Waals surface area (Å²) >= 11 is 0. The molecule has 0 aromatic heterocycles. The average Bonchev–Trinajstić information content (AvgIpc) is 3.08. The Kier molecular flexibility index (Phi) is 9.52. The van der Waals surface area contributed by atoms with E-state index in [1.807, 2.05) is 17.0 Å². The van der Waals surface area contributed by atoms with Crippen LogP contribution < -0.4 is 15.4 Å². The second-order valence-corrected chi connectivity index (χ2v) is 6.77. The Hall–Kier alpha value is -2.24. The molecule has 6 heteroatoms. The van der Waals surface area contributed by atoms with Crippen LogP contribution in [-0.2, 0) is 11.2 Å². The molecule has 1 fully saturated rings. The minimum atomic E-state index is 0.286. The van der Waals surface area contributed by atoms with Crippen molar-refractivity contribution in [3.63, 3.8) is 0 Å². The number of ether oxygens (including phenoxy) is 1. The maximum atomic E-state index is 11.6. The van der Waals surface area contributed by atoms with Crippen LogP contribution in [0.2, 0.25) is 0 Å². The van der Waals surface area contributed by atoms with Gasteiger partial charge in [-0.15, -0.1) is 0 Å². The Morgan fingerprint density at radius 3 is 2.93 bits per heavy atom. The molecule has 0 saturated carbocycles. The van der Waals surface area contributed by atoms with Crippen LogP contribution in [0.25, 0.3) is 0 Å². The van der Waals surface area contributed by atoms with Crippen molar-refractivity contribution in [2.24, 2.45) is 4.99 Å². The number of aliphatic imine (C=N–C) groups is 1. The summed E-state index contributed by atoms with van der Waals surface area (Å²) in [7, 11) is 0. The predicted molar refractivity (Wildman–Crippen MR) is 110 cm³/mol. The number of nitrogens with zero attached hydrogens (tertiary/aromatic N) is 2. The van der Waals surface area contributed by atoms with Crippen molar-refractivity contribution in [3.05, 3.63) is 29.8 Å². The van der Waals surface area contributed by atoms with E-state index in [9.17, 15) is 4.79 Å². The molecular weight excluding hydrogens is 340 g/mol. The van der Waals surface area contributed by atoms with Gasteiger partial charge < -0.3 is 20.3 Å². The highest BCUT2D eigenvalue weighted by molar-refractivity contribution is 5.79. The summed E-state index contributed by atoms with van der Waals surface area (Å²) in [5.74, 6) is 2.06. The summed E-state index contributed by atoms with van der Waals surface area (Å²) in [5, 5.41) is 6.67. The number of carbonyl (C=O) groups excluding carboxylic acids is 1. The van der Waals surface area contributed by atoms with Gasteiger partial charge >= 0.3 is 0 Å². The SMILES string of the molecule is CCCOc1cccc(CCNC(=NCCCN2CCCC2=O)NCC)c1. The van der Waals surface area contributed by atoms with Gasteiger partial charge in [-0.05, 0) is 50.3 Å². The molecule has 1 saturated heterocycles. The zero-order chi connectivity index (χ0) is 19.3. The molecule has 1 aromatic rings. The van der Waals surface area contributed by atoms with Crippen LogP contribution in [0.5, 0.6) is 5.75 Å². The minimum absolute atomic E-state index is 0.286. The Labute approximate surface area is 163 Å². The topological polar surface area (TPSA) is 66.0 Å². The smallest absolute Gasteiger partial charge is 0.222 e. The minimum Gasteiger partial charge on any atom is -0.494 e. The molecule has 27 heavy (non-hydrogen) atoms. The van der Waals surface area contributed by atoms with Crippen LogP contribution in [0.15, 0.2) is 29.3 Å². The average molecular weight is 375 g/mol. The highest BCUT2D eigenvalue weighted by Crippen LogP contribution is 2.14. The monoisotopic (exact) mass is 374 g/mol. The molecule has 0 atom stereocenters. The van der Waals surface area contributed by atoms with Gasteiger partial charge in [-0.25, -0.2) is 0 Å². The number of carbonyl (C=O) groups is 1. The van der Waals surface area contributed by atoms with Crippen LogP contribution >= 0.6 is 0 Å². The van der Waals surface area contributed by atoms with Crippen molar-refractivity contribution < 1.29 is 9.53 Å². The Morgan fingerprint density at radius 1 is 1.30 bits per heavy atom. The maximum absolute atomic E-state index is 11.6. The van der Waals surface area contributed by atoms with Crippen LogP contribution in [-0.4, -0.2) is 56.1 Å². The first-order valence-corrected chi connectivity index (χ1v) is 10.2. The Morgan fingerprint density at radius 2 is 2.19 bits per heavy atom. The third-order valence-electron chi connectivity index (χ3n) is 4.45. The molecule has 2 N–H and O–H groups in total. The fraction of sp³-hybridized carbons (Fsp3) is 0.619. The van der Waals surface area contributed by atoms with E-state index in [0.29, 0.717) is 6.42 Å². The van der Waals surface area contributed by atoms with Crippen LogP contribution in [0.1, 0.15) is 45.1 Å². The molecule has 1 aliphatic rings. The maximum Gasteiger partial charge on any atom is 0.222 e. The van der Waals surface area contributed by atoms with Gasteiger partial charge in [0.1, 0.15) is 5.75 Å². The molecule has 0 aliphatic carbocycles. The Balaban J connectivity index is 1.72. The van der Waals surface area contributed by atoms with Crippen molar-refractivity contribution in [2.45, 2.75) is 46.0 Å². The third-order valence-corrected chi connectivity index (χ3v) is 4.45. The zero-order valence-electron chi connectivity index (χ0n) is 16.8. The lowest BCUT2D eigenvalue weighted by Gasteiger charge is -2.15. The lowest BCUT2D eigenvalue weighted by atomic mass is 10.1. The molecule has 150 valence electrons. The van der Waals surface area contributed by atoms with E-state index < -0.39 is 0 Å². The molecule has 6 nitrogen and oxygen atoms in total. The molecule has 1 amide bonds. The molecular formula is C21H34N4O2. The van der Waals surface area contributed by atoms with E-state index in [1.165, 1.54) is 5.56 Å². The van der Waals surface area contributed by atoms with E-state index in [1.54, 1.807) is 0 Å². The Bertz CT molecular complexity index is 604. The van der Waals surface area contributed by atoms with E-state index in [0.717, 1.165) is 76.7 Å². The first-order chi connectivity index (χ1) is 13.2. The fourth-order valence-electron chi connectivity index (χ4n) is 3.07. The highest BCUT2D eigenvalue weighted by atomic mass is 16.5. The number of benzene rings is 1. The van der Waals surface area contributed by atoms with Crippen LogP contribution in [0, 0.1) is 0 Å². The highest BCUT2D eigenvalue weighted by Gasteiger charge is 2.18. The molecule has 2 rings (SSSR count). The van der Waals surface area contributed by atoms with Crippen molar-refractivity contribution in [2.75, 3.05) is 39.3 Å². The molecule has 1 aliphatic heterocycles. The second kappa shape index (κ2) is 12.2. The summed E-state index contributed by atoms with van der Waals surface area (Å²) in [6.07, 6.45) is 4.53. The second-order valence-electron chi connectivity index (χ2n) is 6.77. The van der Waals surface area contributed by atoms with Gasteiger partial charge in [-0.1, -0.05) is 19.1 Å². The van der Waals surface area contributed by atoms with Gasteiger partial charge in [0.2, 0.25) is 5.91 Å². The van der Waals surface area contributed by atoms with E-state index in [2.05, 4.69) is 41.6 Å².